The van der Waals surface area contributed by atoms with Crippen LogP contribution in [0.25, 0.3) is 6.08 Å². The number of carbonyl (C=O) groups excluding carboxylic acids is 1. The summed E-state index contributed by atoms with van der Waals surface area (Å²) in [7, 11) is 0. The van der Waals surface area contributed by atoms with Gasteiger partial charge in [0.05, 0.1) is 5.69 Å². The summed E-state index contributed by atoms with van der Waals surface area (Å²) < 4.78 is 0. The topological polar surface area (TPSA) is 39.1 Å². The van der Waals surface area contributed by atoms with Gasteiger partial charge in [-0.15, -0.1) is 0 Å². The smallest absolute Gasteiger partial charge is 0.211 e. The molecule has 36 heavy (non-hydrogen) atoms. The number of hydrogen-bond donors (Lipinski definition) is 0. The third-order valence-electron chi connectivity index (χ3n) is 6.77. The highest BCUT2D eigenvalue weighted by molar-refractivity contribution is 6.48. The monoisotopic (exact) mass is 480 g/mol. The van der Waals surface area contributed by atoms with Gasteiger partial charge in [0.15, 0.2) is 0 Å². The van der Waals surface area contributed by atoms with E-state index in [1.807, 2.05) is 47.5 Å². The van der Waals surface area contributed by atoms with Gasteiger partial charge in [-0.3, -0.25) is 4.79 Å². The van der Waals surface area contributed by atoms with Gasteiger partial charge >= 0.3 is 0 Å². The van der Waals surface area contributed by atoms with E-state index in [2.05, 4.69) is 86.0 Å². The number of ketones is 1. The summed E-state index contributed by atoms with van der Waals surface area (Å²) in [6.45, 7) is 12.5. The molecule has 0 saturated carbocycles. The summed E-state index contributed by atoms with van der Waals surface area (Å²) in [6.07, 6.45) is 3.81. The van der Waals surface area contributed by atoms with Gasteiger partial charge in [-0.2, -0.15) is 5.10 Å². The van der Waals surface area contributed by atoms with E-state index in [-0.39, 0.29) is 5.78 Å². The number of hydrazone groups is 1. The Morgan fingerprint density at radius 2 is 1.25 bits per heavy atom. The number of benzene rings is 3. The molecule has 5 nitrogen and oxygen atoms in total. The van der Waals surface area contributed by atoms with Gasteiger partial charge in [-0.1, -0.05) is 48.5 Å². The number of hydrogen-bond acceptors (Lipinski definition) is 5. The Balaban J connectivity index is 1.61. The number of rotatable bonds is 10. The van der Waals surface area contributed by atoms with Crippen molar-refractivity contribution >= 4 is 34.6 Å². The lowest BCUT2D eigenvalue weighted by Crippen LogP contribution is -2.25. The van der Waals surface area contributed by atoms with Crippen molar-refractivity contribution in [3.8, 4) is 0 Å². The number of nitrogens with zero attached hydrogens (tertiary/aromatic N) is 4. The molecular formula is C31H36N4O. The summed E-state index contributed by atoms with van der Waals surface area (Å²) in [5.74, 6) is 0.00505. The predicted molar refractivity (Wildman–Crippen MR) is 153 cm³/mol. The van der Waals surface area contributed by atoms with E-state index in [0.29, 0.717) is 5.71 Å². The summed E-state index contributed by atoms with van der Waals surface area (Å²) in [5, 5.41) is 6.61. The number of carbonyl (C=O) groups is 1. The standard InChI is InChI=1S/C31H36N4O/c1-5-33(6-2)26-19-14-24(15-20-26)16-23-29-31(36)30(35(32-29)28-12-10-9-11-13-28)25-17-21-27(22-18-25)34(7-3)8-4/h9-23,30H,5-8H2,1-4H3. The molecule has 0 saturated heterocycles. The van der Waals surface area contributed by atoms with E-state index in [0.717, 1.165) is 48.7 Å². The lowest BCUT2D eigenvalue weighted by Gasteiger charge is -2.24. The zero-order valence-corrected chi connectivity index (χ0v) is 21.8. The quantitative estimate of drug-likeness (QED) is 0.329. The molecule has 1 aliphatic rings. The number of anilines is 3. The molecule has 3 aromatic carbocycles. The zero-order valence-electron chi connectivity index (χ0n) is 21.8. The molecule has 1 heterocycles. The van der Waals surface area contributed by atoms with Crippen molar-refractivity contribution in [3.05, 3.63) is 96.1 Å². The van der Waals surface area contributed by atoms with Gasteiger partial charge < -0.3 is 9.80 Å². The third kappa shape index (κ3) is 5.35. The molecule has 1 unspecified atom stereocenters. The summed E-state index contributed by atoms with van der Waals surface area (Å²) in [4.78, 5) is 18.2. The highest BCUT2D eigenvalue weighted by Crippen LogP contribution is 2.34. The molecule has 0 N–H and O–H groups in total. The first kappa shape index (κ1) is 25.2. The van der Waals surface area contributed by atoms with Crippen molar-refractivity contribution in [2.24, 2.45) is 5.10 Å². The van der Waals surface area contributed by atoms with Crippen LogP contribution in [-0.4, -0.2) is 37.7 Å². The van der Waals surface area contributed by atoms with Gasteiger partial charge in [0.2, 0.25) is 5.78 Å². The molecule has 0 radical (unpaired) electrons. The lowest BCUT2D eigenvalue weighted by molar-refractivity contribution is -0.113. The molecule has 0 bridgehead atoms. The van der Waals surface area contributed by atoms with E-state index in [9.17, 15) is 4.79 Å². The molecule has 1 atom stereocenters. The maximum Gasteiger partial charge on any atom is 0.211 e. The highest BCUT2D eigenvalue weighted by atomic mass is 16.1. The molecule has 5 heteroatoms. The fraction of sp³-hybridized carbons (Fsp3) is 0.290. The molecule has 4 rings (SSSR count). The van der Waals surface area contributed by atoms with Crippen molar-refractivity contribution in [2.45, 2.75) is 33.7 Å². The molecule has 0 fully saturated rings. The Morgan fingerprint density at radius 1 is 0.722 bits per heavy atom. The van der Waals surface area contributed by atoms with Crippen LogP contribution in [0.5, 0.6) is 0 Å². The number of allylic oxidation sites excluding steroid dienone is 1. The molecule has 0 aliphatic carbocycles. The van der Waals surface area contributed by atoms with Gasteiger partial charge in [0.1, 0.15) is 11.8 Å². The summed E-state index contributed by atoms with van der Waals surface area (Å²) in [6, 6.07) is 26.2. The molecule has 1 aliphatic heterocycles. The fourth-order valence-corrected chi connectivity index (χ4v) is 4.69. The molecule has 0 aromatic heterocycles. The van der Waals surface area contributed by atoms with E-state index in [1.54, 1.807) is 0 Å². The van der Waals surface area contributed by atoms with Crippen LogP contribution in [0.3, 0.4) is 0 Å². The first-order chi connectivity index (χ1) is 17.6. The van der Waals surface area contributed by atoms with Crippen LogP contribution in [0.15, 0.2) is 90.0 Å². The van der Waals surface area contributed by atoms with Crippen molar-refractivity contribution < 1.29 is 4.79 Å². The predicted octanol–water partition coefficient (Wildman–Crippen LogP) is 6.58. The minimum atomic E-state index is -0.483. The van der Waals surface area contributed by atoms with Crippen LogP contribution >= 0.6 is 0 Å². The average molecular weight is 481 g/mol. The summed E-state index contributed by atoms with van der Waals surface area (Å²) >= 11 is 0. The van der Waals surface area contributed by atoms with Gasteiger partial charge in [0.25, 0.3) is 0 Å². The maximum atomic E-state index is 13.6. The average Bonchev–Trinajstić information content (AvgIpc) is 3.26. The lowest BCUT2D eigenvalue weighted by atomic mass is 9.99. The van der Waals surface area contributed by atoms with Crippen LogP contribution in [-0.2, 0) is 4.79 Å². The third-order valence-corrected chi connectivity index (χ3v) is 6.77. The molecule has 0 spiro atoms. The van der Waals surface area contributed by atoms with Crippen LogP contribution in [0.1, 0.15) is 44.9 Å². The van der Waals surface area contributed by atoms with Crippen molar-refractivity contribution in [1.29, 1.82) is 0 Å². The van der Waals surface area contributed by atoms with Gasteiger partial charge in [-0.05, 0) is 81.3 Å². The first-order valence-corrected chi connectivity index (χ1v) is 12.9. The summed E-state index contributed by atoms with van der Waals surface area (Å²) in [5.41, 5.74) is 5.71. The van der Waals surface area contributed by atoms with E-state index < -0.39 is 6.04 Å². The van der Waals surface area contributed by atoms with Crippen LogP contribution in [0, 0.1) is 0 Å². The van der Waals surface area contributed by atoms with Crippen LogP contribution in [0.2, 0.25) is 0 Å². The van der Waals surface area contributed by atoms with Crippen molar-refractivity contribution in [3.63, 3.8) is 0 Å². The SMILES string of the molecule is CCN(CC)c1ccc(C=CC2=NN(c3ccccc3)C(c3ccc(N(CC)CC)cc3)C2=O)cc1. The Hall–Kier alpha value is -3.86. The number of Topliss-reactive ketones (excluding diaryl/α,β-unsaturated/α-hetero) is 1. The highest BCUT2D eigenvalue weighted by Gasteiger charge is 2.36. The Morgan fingerprint density at radius 3 is 1.78 bits per heavy atom. The van der Waals surface area contributed by atoms with Gasteiger partial charge in [-0.25, -0.2) is 5.01 Å². The second-order valence-corrected chi connectivity index (χ2v) is 8.79. The maximum absolute atomic E-state index is 13.6. The molecule has 186 valence electrons. The second kappa shape index (κ2) is 11.7. The van der Waals surface area contributed by atoms with E-state index in [1.165, 1.54) is 5.69 Å². The first-order valence-electron chi connectivity index (χ1n) is 12.9. The minimum Gasteiger partial charge on any atom is -0.372 e. The Bertz CT molecular complexity index is 1190. The zero-order chi connectivity index (χ0) is 25.5. The fourth-order valence-electron chi connectivity index (χ4n) is 4.69. The normalized spacial score (nSPS) is 15.4. The van der Waals surface area contributed by atoms with Crippen LogP contribution in [0.4, 0.5) is 17.1 Å². The Labute approximate surface area is 215 Å². The molecule has 3 aromatic rings. The van der Waals surface area contributed by atoms with Crippen molar-refractivity contribution in [2.75, 3.05) is 41.0 Å². The largest absolute Gasteiger partial charge is 0.372 e. The molecular weight excluding hydrogens is 444 g/mol. The van der Waals surface area contributed by atoms with E-state index >= 15 is 0 Å². The second-order valence-electron chi connectivity index (χ2n) is 8.79. The van der Waals surface area contributed by atoms with Crippen molar-refractivity contribution in [1.82, 2.24) is 0 Å². The van der Waals surface area contributed by atoms with Gasteiger partial charge in [0, 0.05) is 37.6 Å². The minimum absolute atomic E-state index is 0.00505. The number of para-hydroxylation sites is 1. The van der Waals surface area contributed by atoms with Crippen LogP contribution < -0.4 is 14.8 Å². The Kier molecular flexibility index (Phi) is 8.21. The molecule has 0 amide bonds. The van der Waals surface area contributed by atoms with E-state index in [4.69, 9.17) is 5.10 Å².